The number of piperidine rings is 2. The molecule has 4 heterocycles. The summed E-state index contributed by atoms with van der Waals surface area (Å²) in [5.41, 5.74) is 1.40. The standard InChI is InChI=1S/C18H24N4O2/c23-16-4-2-14(17(24)21-16)13-1-3-15(20-11-13)22-9-6-18(7-10-22)5-8-19-12-18/h1,3,11,14,19H,2,4-10,12H2,(H,21,23,24). The number of anilines is 1. The number of carbonyl (C=O) groups is 2. The quantitative estimate of drug-likeness (QED) is 0.798. The monoisotopic (exact) mass is 328 g/mol. The van der Waals surface area contributed by atoms with Crippen molar-refractivity contribution in [1.29, 1.82) is 0 Å². The fourth-order valence-electron chi connectivity index (χ4n) is 4.23. The van der Waals surface area contributed by atoms with Gasteiger partial charge in [-0.05, 0) is 49.3 Å². The SMILES string of the molecule is O=C1CCC(c2ccc(N3CCC4(CCNC4)CC3)nc2)C(=O)N1. The number of rotatable bonds is 2. The predicted octanol–water partition coefficient (Wildman–Crippen LogP) is 1.18. The second-order valence-electron chi connectivity index (χ2n) is 7.37. The van der Waals surface area contributed by atoms with E-state index in [0.29, 0.717) is 18.3 Å². The number of hydrogen-bond acceptors (Lipinski definition) is 5. The molecule has 0 aliphatic carbocycles. The van der Waals surface area contributed by atoms with E-state index in [2.05, 4.69) is 20.5 Å². The molecule has 2 N–H and O–H groups in total. The van der Waals surface area contributed by atoms with E-state index in [4.69, 9.17) is 0 Å². The molecule has 3 aliphatic heterocycles. The van der Waals surface area contributed by atoms with Gasteiger partial charge in [0, 0.05) is 32.3 Å². The molecule has 1 aromatic heterocycles. The van der Waals surface area contributed by atoms with Gasteiger partial charge in [-0.3, -0.25) is 14.9 Å². The summed E-state index contributed by atoms with van der Waals surface area (Å²) in [6.07, 6.45) is 6.51. The lowest BCUT2D eigenvalue weighted by Crippen LogP contribution is -2.41. The average Bonchev–Trinajstić information content (AvgIpc) is 3.04. The van der Waals surface area contributed by atoms with Crippen molar-refractivity contribution in [2.24, 2.45) is 5.41 Å². The molecule has 3 fully saturated rings. The molecule has 0 aromatic carbocycles. The third-order valence-electron chi connectivity index (χ3n) is 5.89. The second kappa shape index (κ2) is 6.16. The van der Waals surface area contributed by atoms with Gasteiger partial charge in [0.15, 0.2) is 0 Å². The molecular formula is C18H24N4O2. The molecule has 6 nitrogen and oxygen atoms in total. The van der Waals surface area contributed by atoms with E-state index >= 15 is 0 Å². The number of nitrogens with one attached hydrogen (secondary N) is 2. The summed E-state index contributed by atoms with van der Waals surface area (Å²) in [5, 5.41) is 5.90. The van der Waals surface area contributed by atoms with Gasteiger partial charge in [-0.15, -0.1) is 0 Å². The molecule has 1 unspecified atom stereocenters. The topological polar surface area (TPSA) is 74.3 Å². The number of aromatic nitrogens is 1. The van der Waals surface area contributed by atoms with Gasteiger partial charge < -0.3 is 10.2 Å². The number of carbonyl (C=O) groups excluding carboxylic acids is 2. The van der Waals surface area contributed by atoms with Crippen molar-refractivity contribution < 1.29 is 9.59 Å². The number of imide groups is 1. The fourth-order valence-corrected chi connectivity index (χ4v) is 4.23. The lowest BCUT2D eigenvalue weighted by Gasteiger charge is -2.39. The maximum Gasteiger partial charge on any atom is 0.234 e. The summed E-state index contributed by atoms with van der Waals surface area (Å²) in [7, 11) is 0. The van der Waals surface area contributed by atoms with E-state index in [0.717, 1.165) is 37.6 Å². The molecule has 1 spiro atoms. The lowest BCUT2D eigenvalue weighted by molar-refractivity contribution is -0.134. The highest BCUT2D eigenvalue weighted by atomic mass is 16.2. The maximum atomic E-state index is 12.0. The van der Waals surface area contributed by atoms with Gasteiger partial charge in [0.2, 0.25) is 11.8 Å². The van der Waals surface area contributed by atoms with Crippen LogP contribution in [0.4, 0.5) is 5.82 Å². The molecule has 4 rings (SSSR count). The van der Waals surface area contributed by atoms with Crippen molar-refractivity contribution in [3.05, 3.63) is 23.9 Å². The summed E-state index contributed by atoms with van der Waals surface area (Å²) >= 11 is 0. The van der Waals surface area contributed by atoms with Crippen LogP contribution in [-0.2, 0) is 9.59 Å². The Morgan fingerprint density at radius 1 is 1.17 bits per heavy atom. The van der Waals surface area contributed by atoms with Crippen molar-refractivity contribution in [1.82, 2.24) is 15.6 Å². The van der Waals surface area contributed by atoms with Crippen molar-refractivity contribution in [3.63, 3.8) is 0 Å². The molecule has 128 valence electrons. The molecule has 2 amide bonds. The van der Waals surface area contributed by atoms with Crippen molar-refractivity contribution >= 4 is 17.6 Å². The minimum absolute atomic E-state index is 0.176. The Balaban J connectivity index is 1.41. The third kappa shape index (κ3) is 2.90. The van der Waals surface area contributed by atoms with E-state index in [1.54, 1.807) is 6.20 Å². The fraction of sp³-hybridized carbons (Fsp3) is 0.611. The molecule has 0 saturated carbocycles. The zero-order valence-electron chi connectivity index (χ0n) is 13.9. The van der Waals surface area contributed by atoms with Gasteiger partial charge >= 0.3 is 0 Å². The zero-order valence-corrected chi connectivity index (χ0v) is 13.9. The molecule has 3 saturated heterocycles. The first-order valence-corrected chi connectivity index (χ1v) is 8.91. The van der Waals surface area contributed by atoms with Gasteiger partial charge in [-0.1, -0.05) is 6.07 Å². The number of amides is 2. The molecule has 1 aromatic rings. The second-order valence-corrected chi connectivity index (χ2v) is 7.37. The van der Waals surface area contributed by atoms with E-state index in [1.165, 1.54) is 19.3 Å². The summed E-state index contributed by atoms with van der Waals surface area (Å²) in [4.78, 5) is 30.2. The van der Waals surface area contributed by atoms with Crippen LogP contribution in [0, 0.1) is 5.41 Å². The Bertz CT molecular complexity index is 627. The van der Waals surface area contributed by atoms with Crippen LogP contribution in [-0.4, -0.2) is 43.0 Å². The van der Waals surface area contributed by atoms with Crippen molar-refractivity contribution in [2.45, 2.75) is 38.0 Å². The lowest BCUT2D eigenvalue weighted by atomic mass is 9.78. The normalized spacial score (nSPS) is 26.7. The Morgan fingerprint density at radius 2 is 2.00 bits per heavy atom. The summed E-state index contributed by atoms with van der Waals surface area (Å²) in [6, 6.07) is 4.01. The first kappa shape index (κ1) is 15.6. The molecule has 24 heavy (non-hydrogen) atoms. The van der Waals surface area contributed by atoms with E-state index in [9.17, 15) is 9.59 Å². The smallest absolute Gasteiger partial charge is 0.234 e. The first-order chi connectivity index (χ1) is 11.7. The van der Waals surface area contributed by atoms with E-state index in [1.807, 2.05) is 12.1 Å². The first-order valence-electron chi connectivity index (χ1n) is 8.91. The minimum atomic E-state index is -0.251. The van der Waals surface area contributed by atoms with E-state index in [-0.39, 0.29) is 17.7 Å². The highest BCUT2D eigenvalue weighted by Crippen LogP contribution is 2.38. The van der Waals surface area contributed by atoms with Crippen LogP contribution in [0.1, 0.15) is 43.6 Å². The van der Waals surface area contributed by atoms with Crippen LogP contribution < -0.4 is 15.5 Å². The summed E-state index contributed by atoms with van der Waals surface area (Å²) in [6.45, 7) is 4.40. The van der Waals surface area contributed by atoms with Gasteiger partial charge in [0.25, 0.3) is 0 Å². The molecule has 0 bridgehead atoms. The largest absolute Gasteiger partial charge is 0.357 e. The van der Waals surface area contributed by atoms with Crippen LogP contribution in [0.15, 0.2) is 18.3 Å². The van der Waals surface area contributed by atoms with Crippen molar-refractivity contribution in [3.8, 4) is 0 Å². The molecule has 6 heteroatoms. The zero-order chi connectivity index (χ0) is 16.6. The highest BCUT2D eigenvalue weighted by Gasteiger charge is 2.37. The van der Waals surface area contributed by atoms with Crippen molar-refractivity contribution in [2.75, 3.05) is 31.1 Å². The summed E-state index contributed by atoms with van der Waals surface area (Å²) in [5.74, 6) is 0.365. The molecule has 1 atom stereocenters. The molecule has 3 aliphatic rings. The number of hydrogen-bond donors (Lipinski definition) is 2. The van der Waals surface area contributed by atoms with Crippen LogP contribution in [0.5, 0.6) is 0 Å². The molecule has 0 radical (unpaired) electrons. The Morgan fingerprint density at radius 3 is 2.62 bits per heavy atom. The number of nitrogens with zero attached hydrogens (tertiary/aromatic N) is 2. The van der Waals surface area contributed by atoms with E-state index < -0.39 is 0 Å². The predicted molar refractivity (Wildman–Crippen MR) is 90.7 cm³/mol. The maximum absolute atomic E-state index is 12.0. The van der Waals surface area contributed by atoms with Gasteiger partial charge in [0.05, 0.1) is 5.92 Å². The van der Waals surface area contributed by atoms with Crippen LogP contribution in [0.2, 0.25) is 0 Å². The van der Waals surface area contributed by atoms with Gasteiger partial charge in [0.1, 0.15) is 5.82 Å². The summed E-state index contributed by atoms with van der Waals surface area (Å²) < 4.78 is 0. The van der Waals surface area contributed by atoms with Gasteiger partial charge in [-0.25, -0.2) is 4.98 Å². The minimum Gasteiger partial charge on any atom is -0.357 e. The Hall–Kier alpha value is -1.95. The Labute approximate surface area is 142 Å². The average molecular weight is 328 g/mol. The van der Waals surface area contributed by atoms with Crippen LogP contribution in [0.25, 0.3) is 0 Å². The van der Waals surface area contributed by atoms with Crippen LogP contribution in [0.3, 0.4) is 0 Å². The van der Waals surface area contributed by atoms with Crippen LogP contribution >= 0.6 is 0 Å². The Kier molecular flexibility index (Phi) is 4.00. The van der Waals surface area contributed by atoms with Gasteiger partial charge in [-0.2, -0.15) is 0 Å². The molecular weight excluding hydrogens is 304 g/mol. The number of pyridine rings is 1. The highest BCUT2D eigenvalue weighted by molar-refractivity contribution is 6.00. The third-order valence-corrected chi connectivity index (χ3v) is 5.89.